The van der Waals surface area contributed by atoms with Crippen LogP contribution in [-0.4, -0.2) is 36.7 Å². The minimum Gasteiger partial charge on any atom is -0.497 e. The van der Waals surface area contributed by atoms with Crippen LogP contribution in [0.1, 0.15) is 10.4 Å². The summed E-state index contributed by atoms with van der Waals surface area (Å²) in [4.78, 5) is 30.9. The van der Waals surface area contributed by atoms with E-state index in [1.165, 1.54) is 22.2 Å². The molecule has 2 heterocycles. The fourth-order valence-corrected chi connectivity index (χ4v) is 4.23. The second-order valence-corrected chi connectivity index (χ2v) is 7.59. The van der Waals surface area contributed by atoms with E-state index in [0.717, 1.165) is 11.1 Å². The van der Waals surface area contributed by atoms with Gasteiger partial charge in [-0.2, -0.15) is 0 Å². The highest BCUT2D eigenvalue weighted by molar-refractivity contribution is 7.17. The van der Waals surface area contributed by atoms with Gasteiger partial charge in [0.1, 0.15) is 10.6 Å². The fourth-order valence-electron chi connectivity index (χ4n) is 3.32. The first-order chi connectivity index (χ1) is 15.0. The predicted octanol–water partition coefficient (Wildman–Crippen LogP) is 4.03. The van der Waals surface area contributed by atoms with E-state index in [2.05, 4.69) is 4.98 Å². The Labute approximate surface area is 182 Å². The van der Waals surface area contributed by atoms with Gasteiger partial charge in [0, 0.05) is 16.5 Å². The second kappa shape index (κ2) is 8.61. The van der Waals surface area contributed by atoms with Gasteiger partial charge in [0.05, 0.1) is 39.6 Å². The van der Waals surface area contributed by atoms with Crippen molar-refractivity contribution in [3.63, 3.8) is 0 Å². The molecule has 0 amide bonds. The third-order valence-corrected chi connectivity index (χ3v) is 5.87. The van der Waals surface area contributed by atoms with E-state index in [-0.39, 0.29) is 17.9 Å². The maximum absolute atomic E-state index is 13.2. The first kappa shape index (κ1) is 20.6. The van der Waals surface area contributed by atoms with Crippen LogP contribution < -0.4 is 19.8 Å². The summed E-state index contributed by atoms with van der Waals surface area (Å²) < 4.78 is 17.1. The van der Waals surface area contributed by atoms with Crippen LogP contribution in [0.15, 0.2) is 59.0 Å². The molecule has 0 atom stereocenters. The molecule has 0 aliphatic heterocycles. The summed E-state index contributed by atoms with van der Waals surface area (Å²) in [7, 11) is 4.70. The molecule has 4 rings (SSSR count). The maximum Gasteiger partial charge on any atom is 0.263 e. The van der Waals surface area contributed by atoms with E-state index in [1.54, 1.807) is 51.7 Å². The highest BCUT2D eigenvalue weighted by Crippen LogP contribution is 2.36. The van der Waals surface area contributed by atoms with E-state index in [9.17, 15) is 9.59 Å². The molecule has 2 aromatic carbocycles. The number of rotatable bonds is 7. The fraction of sp³-hybridized carbons (Fsp3) is 0.174. The lowest BCUT2D eigenvalue weighted by Crippen LogP contribution is -2.24. The van der Waals surface area contributed by atoms with Gasteiger partial charge in [0.2, 0.25) is 0 Å². The molecule has 0 radical (unpaired) electrons. The van der Waals surface area contributed by atoms with Crippen LogP contribution in [0.3, 0.4) is 0 Å². The third kappa shape index (κ3) is 3.89. The SMILES string of the molecule is COc1ccc(C(=O)Cn2cnc3scc(-c4ccc(OC)c(OC)c4)c3c2=O)cc1. The van der Waals surface area contributed by atoms with E-state index in [0.29, 0.717) is 33.0 Å². The Balaban J connectivity index is 1.72. The topological polar surface area (TPSA) is 79.7 Å². The number of hydrogen-bond acceptors (Lipinski definition) is 7. The number of benzene rings is 2. The molecule has 158 valence electrons. The summed E-state index contributed by atoms with van der Waals surface area (Å²) in [6.07, 6.45) is 1.42. The lowest BCUT2D eigenvalue weighted by atomic mass is 10.1. The number of carbonyl (C=O) groups excluding carboxylic acids is 1. The zero-order chi connectivity index (χ0) is 22.0. The number of carbonyl (C=O) groups is 1. The van der Waals surface area contributed by atoms with Gasteiger partial charge in [0.15, 0.2) is 17.3 Å². The molecule has 0 unspecified atom stereocenters. The summed E-state index contributed by atoms with van der Waals surface area (Å²) in [5.74, 6) is 1.65. The summed E-state index contributed by atoms with van der Waals surface area (Å²) >= 11 is 1.38. The van der Waals surface area contributed by atoms with Crippen molar-refractivity contribution in [3.05, 3.63) is 70.1 Å². The van der Waals surface area contributed by atoms with Crippen molar-refractivity contribution in [1.82, 2.24) is 9.55 Å². The first-order valence-corrected chi connectivity index (χ1v) is 10.3. The van der Waals surface area contributed by atoms with Crippen LogP contribution in [0.25, 0.3) is 21.3 Å². The van der Waals surface area contributed by atoms with Crippen LogP contribution in [0.4, 0.5) is 0 Å². The Morgan fingerprint density at radius 1 is 1.00 bits per heavy atom. The van der Waals surface area contributed by atoms with Gasteiger partial charge in [0.25, 0.3) is 5.56 Å². The zero-order valence-corrected chi connectivity index (χ0v) is 18.1. The summed E-state index contributed by atoms with van der Waals surface area (Å²) in [5.41, 5.74) is 1.78. The van der Waals surface area contributed by atoms with Crippen molar-refractivity contribution in [3.8, 4) is 28.4 Å². The van der Waals surface area contributed by atoms with Crippen molar-refractivity contribution < 1.29 is 19.0 Å². The number of aromatic nitrogens is 2. The molecule has 0 saturated heterocycles. The van der Waals surface area contributed by atoms with E-state index >= 15 is 0 Å². The van der Waals surface area contributed by atoms with Gasteiger partial charge in [-0.1, -0.05) is 6.07 Å². The molecule has 0 aliphatic rings. The molecular formula is C23H20N2O5S. The molecule has 0 aliphatic carbocycles. The number of hydrogen-bond donors (Lipinski definition) is 0. The van der Waals surface area contributed by atoms with Crippen molar-refractivity contribution in [1.29, 1.82) is 0 Å². The lowest BCUT2D eigenvalue weighted by molar-refractivity contribution is 0.0970. The first-order valence-electron chi connectivity index (χ1n) is 9.42. The molecule has 2 aromatic heterocycles. The van der Waals surface area contributed by atoms with Crippen LogP contribution in [0.2, 0.25) is 0 Å². The molecule has 0 fully saturated rings. The number of thiophene rings is 1. The van der Waals surface area contributed by atoms with Crippen molar-refractivity contribution in [2.45, 2.75) is 6.54 Å². The Morgan fingerprint density at radius 2 is 1.74 bits per heavy atom. The third-order valence-electron chi connectivity index (χ3n) is 4.98. The summed E-state index contributed by atoms with van der Waals surface area (Å²) in [5, 5.41) is 2.36. The molecule has 7 nitrogen and oxygen atoms in total. The van der Waals surface area contributed by atoms with Crippen LogP contribution >= 0.6 is 11.3 Å². The van der Waals surface area contributed by atoms with E-state index in [4.69, 9.17) is 14.2 Å². The predicted molar refractivity (Wildman–Crippen MR) is 120 cm³/mol. The van der Waals surface area contributed by atoms with Gasteiger partial charge >= 0.3 is 0 Å². The standard InChI is InChI=1S/C23H20N2O5S/c1-28-16-7-4-14(5-8-16)18(26)11-25-13-24-22-21(23(25)27)17(12-31-22)15-6-9-19(29-2)20(10-15)30-3/h4-10,12-13H,11H2,1-3H3. The zero-order valence-electron chi connectivity index (χ0n) is 17.2. The van der Waals surface area contributed by atoms with Crippen LogP contribution in [0.5, 0.6) is 17.2 Å². The van der Waals surface area contributed by atoms with Gasteiger partial charge in [-0.25, -0.2) is 4.98 Å². The molecule has 0 N–H and O–H groups in total. The highest BCUT2D eigenvalue weighted by atomic mass is 32.1. The Bertz CT molecular complexity index is 1310. The van der Waals surface area contributed by atoms with Crippen LogP contribution in [0, 0.1) is 0 Å². The van der Waals surface area contributed by atoms with E-state index in [1.807, 2.05) is 17.5 Å². The summed E-state index contributed by atoms with van der Waals surface area (Å²) in [6.45, 7) is -0.102. The largest absolute Gasteiger partial charge is 0.497 e. The molecule has 0 saturated carbocycles. The molecule has 8 heteroatoms. The molecular weight excluding hydrogens is 416 g/mol. The quantitative estimate of drug-likeness (QED) is 0.407. The van der Waals surface area contributed by atoms with Gasteiger partial charge < -0.3 is 14.2 Å². The summed E-state index contributed by atoms with van der Waals surface area (Å²) in [6, 6.07) is 12.3. The molecule has 0 bridgehead atoms. The Kier molecular flexibility index (Phi) is 5.73. The highest BCUT2D eigenvalue weighted by Gasteiger charge is 2.17. The number of methoxy groups -OCH3 is 3. The van der Waals surface area contributed by atoms with Gasteiger partial charge in [-0.3, -0.25) is 14.2 Å². The molecule has 0 spiro atoms. The number of fused-ring (bicyclic) bond motifs is 1. The normalized spacial score (nSPS) is 10.8. The second-order valence-electron chi connectivity index (χ2n) is 6.73. The number of ether oxygens (including phenoxy) is 3. The van der Waals surface area contributed by atoms with Crippen molar-refractivity contribution in [2.24, 2.45) is 0 Å². The lowest BCUT2D eigenvalue weighted by Gasteiger charge is -2.10. The number of nitrogens with zero attached hydrogens (tertiary/aromatic N) is 2. The number of Topliss-reactive ketones (excluding diaryl/α,β-unsaturated/α-hetero) is 1. The molecule has 4 aromatic rings. The van der Waals surface area contributed by atoms with Crippen molar-refractivity contribution >= 4 is 27.3 Å². The molecule has 31 heavy (non-hydrogen) atoms. The van der Waals surface area contributed by atoms with Gasteiger partial charge in [-0.15, -0.1) is 11.3 Å². The van der Waals surface area contributed by atoms with Crippen molar-refractivity contribution in [2.75, 3.05) is 21.3 Å². The number of ketones is 1. The van der Waals surface area contributed by atoms with Gasteiger partial charge in [-0.05, 0) is 42.0 Å². The smallest absolute Gasteiger partial charge is 0.263 e. The minimum absolute atomic E-state index is 0.102. The Morgan fingerprint density at radius 3 is 2.42 bits per heavy atom. The average Bonchev–Trinajstić information content (AvgIpc) is 3.25. The minimum atomic E-state index is -0.266. The maximum atomic E-state index is 13.2. The monoisotopic (exact) mass is 436 g/mol. The van der Waals surface area contributed by atoms with Crippen LogP contribution in [-0.2, 0) is 6.54 Å². The average molecular weight is 436 g/mol. The van der Waals surface area contributed by atoms with E-state index < -0.39 is 0 Å². The Hall–Kier alpha value is -3.65.